The standard InChI is InChI=1S/C19H16O2S/c1-22-19(15-18(20)17-12-6-3-7-13-17)21-14-8-11-16-9-4-2-5-10-16/h2-7,9-10,12-13,15H,14H2,1H3/b19-15-. The van der Waals surface area contributed by atoms with Gasteiger partial charge >= 0.3 is 0 Å². The summed E-state index contributed by atoms with van der Waals surface area (Å²) in [5.41, 5.74) is 1.59. The number of ether oxygens (including phenoxy) is 1. The molecule has 0 spiro atoms. The van der Waals surface area contributed by atoms with Gasteiger partial charge in [-0.25, -0.2) is 0 Å². The lowest BCUT2D eigenvalue weighted by atomic mass is 10.1. The van der Waals surface area contributed by atoms with E-state index in [1.807, 2.05) is 54.8 Å². The Balaban J connectivity index is 1.94. The molecular formula is C19H16O2S. The van der Waals surface area contributed by atoms with E-state index in [4.69, 9.17) is 4.74 Å². The van der Waals surface area contributed by atoms with Crippen molar-refractivity contribution in [2.24, 2.45) is 0 Å². The van der Waals surface area contributed by atoms with Crippen LogP contribution in [0.5, 0.6) is 0 Å². The highest BCUT2D eigenvalue weighted by Gasteiger charge is 2.04. The van der Waals surface area contributed by atoms with Crippen LogP contribution in [0.4, 0.5) is 0 Å². The van der Waals surface area contributed by atoms with Crippen LogP contribution < -0.4 is 0 Å². The molecule has 0 fully saturated rings. The van der Waals surface area contributed by atoms with Crippen molar-refractivity contribution in [1.29, 1.82) is 0 Å². The molecule has 110 valence electrons. The Morgan fingerprint density at radius 1 is 1.09 bits per heavy atom. The lowest BCUT2D eigenvalue weighted by Crippen LogP contribution is -1.97. The molecule has 2 aromatic rings. The van der Waals surface area contributed by atoms with Gasteiger partial charge in [0.05, 0.1) is 0 Å². The van der Waals surface area contributed by atoms with Crippen LogP contribution in [-0.4, -0.2) is 18.6 Å². The Morgan fingerprint density at radius 3 is 2.36 bits per heavy atom. The first-order valence-corrected chi connectivity index (χ1v) is 8.04. The maximum Gasteiger partial charge on any atom is 0.190 e. The summed E-state index contributed by atoms with van der Waals surface area (Å²) >= 11 is 1.39. The minimum absolute atomic E-state index is 0.0685. The molecule has 0 saturated heterocycles. The monoisotopic (exact) mass is 308 g/mol. The average Bonchev–Trinajstić information content (AvgIpc) is 2.59. The lowest BCUT2D eigenvalue weighted by molar-refractivity contribution is 0.104. The molecule has 22 heavy (non-hydrogen) atoms. The molecule has 0 saturated carbocycles. The van der Waals surface area contributed by atoms with Crippen molar-refractivity contribution in [2.45, 2.75) is 0 Å². The third kappa shape index (κ3) is 5.16. The molecule has 0 aliphatic rings. The van der Waals surface area contributed by atoms with Crippen molar-refractivity contribution in [3.63, 3.8) is 0 Å². The fraction of sp³-hybridized carbons (Fsp3) is 0.105. The van der Waals surface area contributed by atoms with E-state index in [-0.39, 0.29) is 12.4 Å². The SMILES string of the molecule is CS/C(=C\C(=O)c1ccccc1)OCC#Cc1ccccc1. The van der Waals surface area contributed by atoms with Crippen LogP contribution in [0.25, 0.3) is 0 Å². The van der Waals surface area contributed by atoms with Gasteiger partial charge in [0.25, 0.3) is 0 Å². The maximum absolute atomic E-state index is 12.1. The maximum atomic E-state index is 12.1. The van der Waals surface area contributed by atoms with E-state index in [0.717, 1.165) is 5.56 Å². The van der Waals surface area contributed by atoms with E-state index in [1.165, 1.54) is 17.8 Å². The summed E-state index contributed by atoms with van der Waals surface area (Å²) in [6, 6.07) is 18.8. The van der Waals surface area contributed by atoms with Crippen molar-refractivity contribution < 1.29 is 9.53 Å². The highest BCUT2D eigenvalue weighted by molar-refractivity contribution is 8.02. The zero-order chi connectivity index (χ0) is 15.6. The third-order valence-electron chi connectivity index (χ3n) is 2.80. The number of thioether (sulfide) groups is 1. The number of hydrogen-bond donors (Lipinski definition) is 0. The zero-order valence-electron chi connectivity index (χ0n) is 12.3. The Labute approximate surface area is 135 Å². The minimum atomic E-state index is -0.0685. The molecule has 0 aromatic heterocycles. The Bertz CT molecular complexity index is 694. The summed E-state index contributed by atoms with van der Waals surface area (Å²) in [5.74, 6) is 5.89. The Morgan fingerprint density at radius 2 is 1.73 bits per heavy atom. The molecule has 0 N–H and O–H groups in total. The predicted octanol–water partition coefficient (Wildman–Crippen LogP) is 4.14. The molecule has 0 heterocycles. The molecule has 2 rings (SSSR count). The average molecular weight is 308 g/mol. The topological polar surface area (TPSA) is 26.3 Å². The predicted molar refractivity (Wildman–Crippen MR) is 91.6 cm³/mol. The van der Waals surface area contributed by atoms with Gasteiger partial charge in [-0.2, -0.15) is 0 Å². The number of hydrogen-bond acceptors (Lipinski definition) is 3. The largest absolute Gasteiger partial charge is 0.475 e. The summed E-state index contributed by atoms with van der Waals surface area (Å²) < 4.78 is 5.53. The number of ketones is 1. The van der Waals surface area contributed by atoms with E-state index in [9.17, 15) is 4.79 Å². The molecule has 2 nitrogen and oxygen atoms in total. The number of carbonyl (C=O) groups excluding carboxylic acids is 1. The third-order valence-corrected chi connectivity index (χ3v) is 3.44. The van der Waals surface area contributed by atoms with Crippen molar-refractivity contribution in [3.05, 3.63) is 83.0 Å². The molecule has 0 bridgehead atoms. The summed E-state index contributed by atoms with van der Waals surface area (Å²) in [5, 5.41) is 0.566. The van der Waals surface area contributed by atoms with Crippen molar-refractivity contribution >= 4 is 17.5 Å². The van der Waals surface area contributed by atoms with Crippen molar-refractivity contribution in [2.75, 3.05) is 12.9 Å². The summed E-state index contributed by atoms with van der Waals surface area (Å²) in [7, 11) is 0. The lowest BCUT2D eigenvalue weighted by Gasteiger charge is -2.04. The molecule has 0 aliphatic heterocycles. The second kappa shape index (κ2) is 8.76. The molecule has 2 aromatic carbocycles. The number of allylic oxidation sites excluding steroid dienone is 1. The van der Waals surface area contributed by atoms with Gasteiger partial charge in [0.1, 0.15) is 6.61 Å². The quantitative estimate of drug-likeness (QED) is 0.359. The van der Waals surface area contributed by atoms with Crippen molar-refractivity contribution in [1.82, 2.24) is 0 Å². The molecule has 0 radical (unpaired) electrons. The van der Waals surface area contributed by atoms with Crippen LogP contribution >= 0.6 is 11.8 Å². The Hall–Kier alpha value is -2.44. The normalized spacial score (nSPS) is 10.5. The first kappa shape index (κ1) is 15.9. The van der Waals surface area contributed by atoms with Crippen molar-refractivity contribution in [3.8, 4) is 11.8 Å². The number of carbonyl (C=O) groups is 1. The molecule has 0 aliphatic carbocycles. The van der Waals surface area contributed by atoms with Gasteiger partial charge in [0, 0.05) is 17.2 Å². The van der Waals surface area contributed by atoms with Gasteiger partial charge < -0.3 is 4.74 Å². The summed E-state index contributed by atoms with van der Waals surface area (Å²) in [4.78, 5) is 12.1. The van der Waals surface area contributed by atoms with E-state index in [1.54, 1.807) is 12.1 Å². The van der Waals surface area contributed by atoms with Gasteiger partial charge in [-0.05, 0) is 18.4 Å². The number of rotatable bonds is 5. The summed E-state index contributed by atoms with van der Waals surface area (Å²) in [6.07, 6.45) is 3.37. The van der Waals surface area contributed by atoms with E-state index in [0.29, 0.717) is 10.7 Å². The van der Waals surface area contributed by atoms with Crippen LogP contribution in [0.1, 0.15) is 15.9 Å². The number of benzene rings is 2. The second-order valence-electron chi connectivity index (χ2n) is 4.35. The van der Waals surface area contributed by atoms with E-state index in [2.05, 4.69) is 11.8 Å². The molecular weight excluding hydrogens is 292 g/mol. The van der Waals surface area contributed by atoms with Gasteiger partial charge in [0.2, 0.25) is 0 Å². The molecule has 3 heteroatoms. The minimum Gasteiger partial charge on any atom is -0.475 e. The van der Waals surface area contributed by atoms with Crippen LogP contribution in [0.3, 0.4) is 0 Å². The fourth-order valence-electron chi connectivity index (χ4n) is 1.72. The van der Waals surface area contributed by atoms with Gasteiger partial charge in [-0.3, -0.25) is 4.79 Å². The van der Waals surface area contributed by atoms with Crippen LogP contribution in [-0.2, 0) is 4.74 Å². The Kier molecular flexibility index (Phi) is 6.35. The van der Waals surface area contributed by atoms with E-state index >= 15 is 0 Å². The van der Waals surface area contributed by atoms with Crippen LogP contribution in [0, 0.1) is 11.8 Å². The highest BCUT2D eigenvalue weighted by Crippen LogP contribution is 2.14. The fourth-order valence-corrected chi connectivity index (χ4v) is 2.12. The first-order chi connectivity index (χ1) is 10.8. The van der Waals surface area contributed by atoms with Gasteiger partial charge in [-0.1, -0.05) is 72.1 Å². The van der Waals surface area contributed by atoms with Gasteiger partial charge in [-0.15, -0.1) is 0 Å². The first-order valence-electron chi connectivity index (χ1n) is 6.81. The molecule has 0 amide bonds. The molecule has 0 unspecified atom stereocenters. The smallest absolute Gasteiger partial charge is 0.190 e. The molecule has 0 atom stereocenters. The second-order valence-corrected chi connectivity index (χ2v) is 5.16. The van der Waals surface area contributed by atoms with Crippen LogP contribution in [0.2, 0.25) is 0 Å². The van der Waals surface area contributed by atoms with Gasteiger partial charge in [0.15, 0.2) is 10.9 Å². The van der Waals surface area contributed by atoms with E-state index < -0.39 is 0 Å². The van der Waals surface area contributed by atoms with Crippen LogP contribution in [0.15, 0.2) is 71.8 Å². The highest BCUT2D eigenvalue weighted by atomic mass is 32.2. The summed E-state index contributed by atoms with van der Waals surface area (Å²) in [6.45, 7) is 0.254. The zero-order valence-corrected chi connectivity index (χ0v) is 13.1.